The van der Waals surface area contributed by atoms with E-state index < -0.39 is 23.5 Å². The molecule has 1 unspecified atom stereocenters. The Kier molecular flexibility index (Phi) is 7.87. The molecule has 33 heavy (non-hydrogen) atoms. The number of rotatable bonds is 9. The van der Waals surface area contributed by atoms with Gasteiger partial charge < -0.3 is 19.6 Å². The first-order chi connectivity index (χ1) is 15.7. The summed E-state index contributed by atoms with van der Waals surface area (Å²) in [5.74, 6) is -1.36. The minimum absolute atomic E-state index is 0.0121. The summed E-state index contributed by atoms with van der Waals surface area (Å²) in [4.78, 5) is 29.5. The molecule has 1 N–H and O–H groups in total. The van der Waals surface area contributed by atoms with E-state index in [1.165, 1.54) is 17.0 Å². The number of hydrogen-bond donors (Lipinski definition) is 1. The molecule has 1 amide bonds. The highest BCUT2D eigenvalue weighted by atomic mass is 19.1. The van der Waals surface area contributed by atoms with Crippen LogP contribution in [0.25, 0.3) is 5.76 Å². The van der Waals surface area contributed by atoms with Gasteiger partial charge in [0.15, 0.2) is 0 Å². The Hall–Kier alpha value is -3.19. The van der Waals surface area contributed by atoms with E-state index in [0.717, 1.165) is 18.5 Å². The van der Waals surface area contributed by atoms with Crippen molar-refractivity contribution in [2.24, 2.45) is 0 Å². The van der Waals surface area contributed by atoms with Gasteiger partial charge in [-0.3, -0.25) is 9.59 Å². The van der Waals surface area contributed by atoms with Crippen molar-refractivity contribution in [1.82, 2.24) is 9.80 Å². The monoisotopic (exact) mass is 454 g/mol. The number of nitrogens with zero attached hydrogens (tertiary/aromatic N) is 2. The smallest absolute Gasteiger partial charge is 0.295 e. The fourth-order valence-corrected chi connectivity index (χ4v) is 3.99. The standard InChI is InChI=1S/C26H31FN2O4/c1-5-15-33-21-12-9-19(16-17(21)2)24(30)22-23(18-7-10-20(27)11-8-18)29(26(32)25(22)31)14-6-13-28(3)4/h7-12,16,23,30H,5-6,13-15H2,1-4H3/b24-22-. The van der Waals surface area contributed by atoms with E-state index in [2.05, 4.69) is 0 Å². The molecule has 0 bridgehead atoms. The van der Waals surface area contributed by atoms with Crippen LogP contribution in [0.15, 0.2) is 48.0 Å². The van der Waals surface area contributed by atoms with Crippen molar-refractivity contribution >= 4 is 17.4 Å². The van der Waals surface area contributed by atoms with Crippen LogP contribution in [0.5, 0.6) is 5.75 Å². The molecule has 2 aromatic carbocycles. The number of aliphatic hydroxyl groups excluding tert-OH is 1. The van der Waals surface area contributed by atoms with Crippen molar-refractivity contribution in [2.75, 3.05) is 33.8 Å². The third-order valence-corrected chi connectivity index (χ3v) is 5.64. The number of halogens is 1. The lowest BCUT2D eigenvalue weighted by Gasteiger charge is -2.26. The zero-order valence-electron chi connectivity index (χ0n) is 19.6. The predicted octanol–water partition coefficient (Wildman–Crippen LogP) is 4.30. The van der Waals surface area contributed by atoms with Crippen LogP contribution in [0.3, 0.4) is 0 Å². The van der Waals surface area contributed by atoms with Gasteiger partial charge in [-0.1, -0.05) is 19.1 Å². The van der Waals surface area contributed by atoms with Crippen LogP contribution in [0.1, 0.15) is 42.5 Å². The Bertz CT molecular complexity index is 1050. The average Bonchev–Trinajstić information content (AvgIpc) is 3.03. The minimum Gasteiger partial charge on any atom is -0.507 e. The van der Waals surface area contributed by atoms with E-state index in [0.29, 0.717) is 36.4 Å². The fraction of sp³-hybridized carbons (Fsp3) is 0.385. The molecular weight excluding hydrogens is 423 g/mol. The Morgan fingerprint density at radius 2 is 1.85 bits per heavy atom. The van der Waals surface area contributed by atoms with Gasteiger partial charge in [0.25, 0.3) is 11.7 Å². The summed E-state index contributed by atoms with van der Waals surface area (Å²) in [6, 6.07) is 10.1. The quantitative estimate of drug-likeness (QED) is 0.348. The first kappa shape index (κ1) is 24.5. The average molecular weight is 455 g/mol. The molecule has 1 aliphatic heterocycles. The maximum Gasteiger partial charge on any atom is 0.295 e. The number of hydrogen-bond acceptors (Lipinski definition) is 5. The number of benzene rings is 2. The lowest BCUT2D eigenvalue weighted by atomic mass is 9.94. The molecule has 6 nitrogen and oxygen atoms in total. The zero-order chi connectivity index (χ0) is 24.1. The Morgan fingerprint density at radius 1 is 1.15 bits per heavy atom. The van der Waals surface area contributed by atoms with Crippen LogP contribution in [-0.4, -0.2) is 60.4 Å². The minimum atomic E-state index is -0.788. The Balaban J connectivity index is 2.05. The molecule has 1 saturated heterocycles. The Morgan fingerprint density at radius 3 is 2.45 bits per heavy atom. The third-order valence-electron chi connectivity index (χ3n) is 5.64. The summed E-state index contributed by atoms with van der Waals surface area (Å²) in [5, 5.41) is 11.2. The van der Waals surface area contributed by atoms with E-state index in [1.54, 1.807) is 30.3 Å². The summed E-state index contributed by atoms with van der Waals surface area (Å²) in [6.07, 6.45) is 1.52. The van der Waals surface area contributed by atoms with Crippen molar-refractivity contribution in [1.29, 1.82) is 0 Å². The number of ether oxygens (including phenoxy) is 1. The number of likely N-dealkylation sites (tertiary alicyclic amines) is 1. The van der Waals surface area contributed by atoms with Crippen LogP contribution in [-0.2, 0) is 9.59 Å². The summed E-state index contributed by atoms with van der Waals surface area (Å²) in [7, 11) is 3.86. The molecule has 1 atom stereocenters. The largest absolute Gasteiger partial charge is 0.507 e. The van der Waals surface area contributed by atoms with E-state index >= 15 is 0 Å². The van der Waals surface area contributed by atoms with Crippen molar-refractivity contribution in [2.45, 2.75) is 32.7 Å². The third kappa shape index (κ3) is 5.42. The Labute approximate surface area is 194 Å². The van der Waals surface area contributed by atoms with Gasteiger partial charge >= 0.3 is 0 Å². The van der Waals surface area contributed by atoms with Gasteiger partial charge in [0, 0.05) is 12.1 Å². The number of carbonyl (C=O) groups excluding carboxylic acids is 2. The van der Waals surface area contributed by atoms with E-state index in [-0.39, 0.29) is 11.3 Å². The van der Waals surface area contributed by atoms with E-state index in [1.807, 2.05) is 32.8 Å². The second-order valence-electron chi connectivity index (χ2n) is 8.53. The number of aliphatic hydroxyl groups is 1. The number of carbonyl (C=O) groups is 2. The summed E-state index contributed by atoms with van der Waals surface area (Å²) < 4.78 is 19.3. The molecule has 176 valence electrons. The second kappa shape index (κ2) is 10.6. The molecule has 1 fully saturated rings. The first-order valence-electron chi connectivity index (χ1n) is 11.2. The van der Waals surface area contributed by atoms with Crippen LogP contribution in [0.4, 0.5) is 4.39 Å². The van der Waals surface area contributed by atoms with Gasteiger partial charge in [-0.25, -0.2) is 4.39 Å². The predicted molar refractivity (Wildman–Crippen MR) is 126 cm³/mol. The second-order valence-corrected chi connectivity index (χ2v) is 8.53. The molecule has 1 heterocycles. The number of amides is 1. The van der Waals surface area contributed by atoms with Gasteiger partial charge in [-0.05, 0) is 81.9 Å². The van der Waals surface area contributed by atoms with Gasteiger partial charge in [-0.15, -0.1) is 0 Å². The molecule has 2 aromatic rings. The molecule has 3 rings (SSSR count). The van der Waals surface area contributed by atoms with Crippen LogP contribution in [0.2, 0.25) is 0 Å². The summed E-state index contributed by atoms with van der Waals surface area (Å²) in [6.45, 7) is 5.53. The molecular formula is C26H31FN2O4. The highest BCUT2D eigenvalue weighted by Gasteiger charge is 2.45. The van der Waals surface area contributed by atoms with Crippen LogP contribution < -0.4 is 4.74 Å². The van der Waals surface area contributed by atoms with Crippen molar-refractivity contribution in [3.63, 3.8) is 0 Å². The van der Waals surface area contributed by atoms with Crippen molar-refractivity contribution in [3.8, 4) is 5.75 Å². The number of Topliss-reactive ketones (excluding diaryl/α,β-unsaturated/α-hetero) is 1. The number of ketones is 1. The molecule has 0 saturated carbocycles. The van der Waals surface area contributed by atoms with Crippen molar-refractivity contribution < 1.29 is 23.8 Å². The molecule has 1 aliphatic rings. The maximum atomic E-state index is 13.6. The van der Waals surface area contributed by atoms with Gasteiger partial charge in [0.1, 0.15) is 17.3 Å². The lowest BCUT2D eigenvalue weighted by molar-refractivity contribution is -0.139. The van der Waals surface area contributed by atoms with Crippen LogP contribution >= 0.6 is 0 Å². The highest BCUT2D eigenvalue weighted by Crippen LogP contribution is 2.40. The summed E-state index contributed by atoms with van der Waals surface area (Å²) >= 11 is 0. The SMILES string of the molecule is CCCOc1ccc(/C(O)=C2/C(=O)C(=O)N(CCCN(C)C)C2c2ccc(F)cc2)cc1C. The molecule has 0 radical (unpaired) electrons. The molecule has 0 spiro atoms. The van der Waals surface area contributed by atoms with Crippen molar-refractivity contribution in [3.05, 3.63) is 70.5 Å². The normalized spacial score (nSPS) is 17.8. The summed E-state index contributed by atoms with van der Waals surface area (Å²) in [5.41, 5.74) is 1.82. The molecule has 7 heteroatoms. The van der Waals surface area contributed by atoms with Gasteiger partial charge in [0.2, 0.25) is 0 Å². The molecule has 0 aromatic heterocycles. The van der Waals surface area contributed by atoms with E-state index in [4.69, 9.17) is 4.74 Å². The maximum absolute atomic E-state index is 13.6. The fourth-order valence-electron chi connectivity index (χ4n) is 3.99. The van der Waals surface area contributed by atoms with Gasteiger partial charge in [-0.2, -0.15) is 0 Å². The number of aryl methyl sites for hydroxylation is 1. The van der Waals surface area contributed by atoms with Gasteiger partial charge in [0.05, 0.1) is 18.2 Å². The topological polar surface area (TPSA) is 70.1 Å². The lowest BCUT2D eigenvalue weighted by Crippen LogP contribution is -2.32. The van der Waals surface area contributed by atoms with Crippen LogP contribution in [0, 0.1) is 12.7 Å². The first-order valence-corrected chi connectivity index (χ1v) is 11.2. The highest BCUT2D eigenvalue weighted by molar-refractivity contribution is 6.46. The van der Waals surface area contributed by atoms with E-state index in [9.17, 15) is 19.1 Å². The zero-order valence-corrected chi connectivity index (χ0v) is 19.6. The molecule has 0 aliphatic carbocycles.